The highest BCUT2D eigenvalue weighted by Crippen LogP contribution is 2.19. The fraction of sp³-hybridized carbons (Fsp3) is 0.250. The highest BCUT2D eigenvalue weighted by atomic mass is 16.5. The molecule has 0 unspecified atom stereocenters. The molecule has 0 spiro atoms. The van der Waals surface area contributed by atoms with E-state index >= 15 is 0 Å². The summed E-state index contributed by atoms with van der Waals surface area (Å²) in [5, 5.41) is 1.28. The molecule has 0 bridgehead atoms. The lowest BCUT2D eigenvalue weighted by molar-refractivity contribution is -0.145. The molecule has 3 aromatic rings. The summed E-state index contributed by atoms with van der Waals surface area (Å²) < 4.78 is 5.29. The minimum Gasteiger partial charge on any atom is -0.461 e. The van der Waals surface area contributed by atoms with Crippen LogP contribution in [0.3, 0.4) is 0 Å². The Labute approximate surface area is 136 Å². The number of ether oxygens (including phenoxy) is 1. The topological polar surface area (TPSA) is 42.1 Å². The van der Waals surface area contributed by atoms with Crippen molar-refractivity contribution >= 4 is 16.9 Å². The molecular weight excluding hydrogens is 286 g/mol. The molecule has 3 heteroatoms. The highest BCUT2D eigenvalue weighted by molar-refractivity contribution is 5.83. The Hall–Kier alpha value is -2.55. The van der Waals surface area contributed by atoms with Crippen LogP contribution in [-0.4, -0.2) is 11.0 Å². The molecule has 0 aliphatic carbocycles. The van der Waals surface area contributed by atoms with E-state index in [1.165, 1.54) is 16.5 Å². The lowest BCUT2D eigenvalue weighted by atomic mass is 10.1. The Morgan fingerprint density at radius 2 is 1.74 bits per heavy atom. The summed E-state index contributed by atoms with van der Waals surface area (Å²) in [5.41, 5.74) is 3.52. The van der Waals surface area contributed by atoms with Gasteiger partial charge in [-0.2, -0.15) is 0 Å². The molecule has 23 heavy (non-hydrogen) atoms. The van der Waals surface area contributed by atoms with Crippen LogP contribution in [0.25, 0.3) is 10.9 Å². The predicted molar refractivity (Wildman–Crippen MR) is 92.1 cm³/mol. The number of unbranched alkanes of at least 4 members (excludes halogenated alkanes) is 1. The number of aromatic nitrogens is 1. The highest BCUT2D eigenvalue weighted by Gasteiger charge is 2.05. The first-order valence-electron chi connectivity index (χ1n) is 8.07. The molecule has 1 heterocycles. The minimum absolute atomic E-state index is 0.118. The number of aryl methyl sites for hydroxylation is 1. The Bertz CT molecular complexity index is 761. The van der Waals surface area contributed by atoms with E-state index < -0.39 is 0 Å². The van der Waals surface area contributed by atoms with Crippen molar-refractivity contribution < 1.29 is 9.53 Å². The molecule has 3 nitrogen and oxygen atoms in total. The zero-order chi connectivity index (χ0) is 15.9. The van der Waals surface area contributed by atoms with Crippen LogP contribution in [0, 0.1) is 0 Å². The van der Waals surface area contributed by atoms with Gasteiger partial charge in [-0.25, -0.2) is 0 Å². The summed E-state index contributed by atoms with van der Waals surface area (Å²) in [6, 6.07) is 18.1. The summed E-state index contributed by atoms with van der Waals surface area (Å²) in [6.07, 6.45) is 5.37. The molecule has 118 valence electrons. The molecule has 0 saturated carbocycles. The van der Waals surface area contributed by atoms with Crippen LogP contribution in [0.5, 0.6) is 0 Å². The van der Waals surface area contributed by atoms with E-state index in [9.17, 15) is 4.79 Å². The molecule has 0 radical (unpaired) electrons. The van der Waals surface area contributed by atoms with Gasteiger partial charge in [0.25, 0.3) is 0 Å². The van der Waals surface area contributed by atoms with Crippen LogP contribution >= 0.6 is 0 Å². The largest absolute Gasteiger partial charge is 0.461 e. The second kappa shape index (κ2) is 7.63. The fourth-order valence-electron chi connectivity index (χ4n) is 2.73. The maximum atomic E-state index is 11.8. The molecule has 0 aliphatic rings. The van der Waals surface area contributed by atoms with E-state index in [2.05, 4.69) is 29.4 Å². The molecule has 0 amide bonds. The van der Waals surface area contributed by atoms with Gasteiger partial charge in [-0.1, -0.05) is 48.5 Å². The molecule has 2 aromatic carbocycles. The Balaban J connectivity index is 1.39. The number of para-hydroxylation sites is 1. The minimum atomic E-state index is -0.118. The number of carbonyl (C=O) groups is 1. The number of esters is 1. The third kappa shape index (κ3) is 4.22. The maximum Gasteiger partial charge on any atom is 0.306 e. The number of carbonyl (C=O) groups excluding carboxylic acids is 1. The molecule has 3 rings (SSSR count). The number of rotatable bonds is 7. The second-order valence-corrected chi connectivity index (χ2v) is 5.71. The molecule has 1 N–H and O–H groups in total. The van der Waals surface area contributed by atoms with Crippen LogP contribution in [-0.2, 0) is 22.6 Å². The van der Waals surface area contributed by atoms with Crippen LogP contribution < -0.4 is 0 Å². The van der Waals surface area contributed by atoms with Gasteiger partial charge in [-0.15, -0.1) is 0 Å². The van der Waals surface area contributed by atoms with E-state index in [0.717, 1.165) is 24.8 Å². The lowest BCUT2D eigenvalue weighted by Gasteiger charge is -2.05. The summed E-state index contributed by atoms with van der Waals surface area (Å²) in [5.74, 6) is -0.118. The van der Waals surface area contributed by atoms with Gasteiger partial charge in [0.05, 0.1) is 0 Å². The lowest BCUT2D eigenvalue weighted by Crippen LogP contribution is -2.04. The first-order chi connectivity index (χ1) is 11.3. The van der Waals surface area contributed by atoms with Crippen molar-refractivity contribution in [3.05, 3.63) is 71.9 Å². The number of benzene rings is 2. The number of nitrogens with one attached hydrogen (secondary N) is 1. The van der Waals surface area contributed by atoms with Crippen LogP contribution in [0.4, 0.5) is 0 Å². The number of aromatic amines is 1. The van der Waals surface area contributed by atoms with Crippen molar-refractivity contribution in [2.75, 3.05) is 0 Å². The number of hydrogen-bond acceptors (Lipinski definition) is 2. The van der Waals surface area contributed by atoms with Crippen molar-refractivity contribution in [2.45, 2.75) is 32.3 Å². The van der Waals surface area contributed by atoms with Gasteiger partial charge in [0.2, 0.25) is 0 Å². The quantitative estimate of drug-likeness (QED) is 0.511. The van der Waals surface area contributed by atoms with E-state index in [-0.39, 0.29) is 5.97 Å². The normalized spacial score (nSPS) is 10.8. The fourth-order valence-corrected chi connectivity index (χ4v) is 2.73. The van der Waals surface area contributed by atoms with Crippen molar-refractivity contribution in [1.29, 1.82) is 0 Å². The molecular formula is C20H21NO2. The third-order valence-corrected chi connectivity index (χ3v) is 3.99. The Morgan fingerprint density at radius 1 is 0.957 bits per heavy atom. The van der Waals surface area contributed by atoms with Gasteiger partial charge in [0.15, 0.2) is 0 Å². The first-order valence-corrected chi connectivity index (χ1v) is 8.07. The van der Waals surface area contributed by atoms with E-state index in [1.807, 2.05) is 36.4 Å². The Kier molecular flexibility index (Phi) is 5.09. The SMILES string of the molecule is O=C(CCCCc1c[nH]c2ccccc12)OCc1ccccc1. The maximum absolute atomic E-state index is 11.8. The van der Waals surface area contributed by atoms with Gasteiger partial charge >= 0.3 is 5.97 Å². The van der Waals surface area contributed by atoms with Crippen LogP contribution in [0.15, 0.2) is 60.8 Å². The average Bonchev–Trinajstić information content (AvgIpc) is 3.01. The summed E-state index contributed by atoms with van der Waals surface area (Å²) in [7, 11) is 0. The van der Waals surface area contributed by atoms with E-state index in [4.69, 9.17) is 4.74 Å². The molecule has 0 aliphatic heterocycles. The molecule has 0 atom stereocenters. The zero-order valence-corrected chi connectivity index (χ0v) is 13.1. The van der Waals surface area contributed by atoms with Crippen molar-refractivity contribution in [1.82, 2.24) is 4.98 Å². The number of H-pyrrole nitrogens is 1. The summed E-state index contributed by atoms with van der Waals surface area (Å²) in [4.78, 5) is 15.0. The average molecular weight is 307 g/mol. The monoisotopic (exact) mass is 307 g/mol. The second-order valence-electron chi connectivity index (χ2n) is 5.71. The van der Waals surface area contributed by atoms with E-state index in [1.54, 1.807) is 0 Å². The van der Waals surface area contributed by atoms with Crippen molar-refractivity contribution in [2.24, 2.45) is 0 Å². The van der Waals surface area contributed by atoms with Crippen molar-refractivity contribution in [3.8, 4) is 0 Å². The van der Waals surface area contributed by atoms with Gasteiger partial charge < -0.3 is 9.72 Å². The van der Waals surface area contributed by atoms with E-state index in [0.29, 0.717) is 13.0 Å². The zero-order valence-electron chi connectivity index (χ0n) is 13.1. The van der Waals surface area contributed by atoms with Crippen LogP contribution in [0.2, 0.25) is 0 Å². The molecule has 0 fully saturated rings. The van der Waals surface area contributed by atoms with Gasteiger partial charge in [-0.05, 0) is 36.5 Å². The van der Waals surface area contributed by atoms with Crippen molar-refractivity contribution in [3.63, 3.8) is 0 Å². The molecule has 0 saturated heterocycles. The summed E-state index contributed by atoms with van der Waals surface area (Å²) in [6.45, 7) is 0.363. The Morgan fingerprint density at radius 3 is 2.61 bits per heavy atom. The van der Waals surface area contributed by atoms with Gasteiger partial charge in [-0.3, -0.25) is 4.79 Å². The van der Waals surface area contributed by atoms with Gasteiger partial charge in [0, 0.05) is 23.5 Å². The first kappa shape index (κ1) is 15.3. The smallest absolute Gasteiger partial charge is 0.306 e. The van der Waals surface area contributed by atoms with Crippen LogP contribution in [0.1, 0.15) is 30.4 Å². The standard InChI is InChI=1S/C20H21NO2/c22-20(23-15-16-8-2-1-3-9-16)13-7-4-10-17-14-21-19-12-6-5-11-18(17)19/h1-3,5-6,8-9,11-12,14,21H,4,7,10,13,15H2. The third-order valence-electron chi connectivity index (χ3n) is 3.99. The number of fused-ring (bicyclic) bond motifs is 1. The molecule has 1 aromatic heterocycles. The summed E-state index contributed by atoms with van der Waals surface area (Å²) >= 11 is 0. The van der Waals surface area contributed by atoms with Gasteiger partial charge in [0.1, 0.15) is 6.61 Å². The number of hydrogen-bond donors (Lipinski definition) is 1. The predicted octanol–water partition coefficient (Wildman–Crippen LogP) is 4.62.